The van der Waals surface area contributed by atoms with Crippen molar-refractivity contribution in [3.05, 3.63) is 35.2 Å². The van der Waals surface area contributed by atoms with E-state index in [-0.39, 0.29) is 0 Å². The highest BCUT2D eigenvalue weighted by atomic mass is 32.1. The van der Waals surface area contributed by atoms with Crippen LogP contribution in [0, 0.1) is 11.8 Å². The standard InChI is InChI=1S/C18H27NS/c1-4-7-15(12-19-11-14(2)3)10-16-13-20-18-9-6-5-8-17(16)18/h5-6,8-9,13-15,19H,4,7,10-12H2,1-3H3. The van der Waals surface area contributed by atoms with Crippen LogP contribution in [-0.2, 0) is 6.42 Å². The van der Waals surface area contributed by atoms with Gasteiger partial charge in [-0.3, -0.25) is 0 Å². The molecule has 2 rings (SSSR count). The molecule has 0 bridgehead atoms. The Bertz CT molecular complexity index is 515. The fourth-order valence-electron chi connectivity index (χ4n) is 2.76. The summed E-state index contributed by atoms with van der Waals surface area (Å²) in [7, 11) is 0. The Morgan fingerprint density at radius 1 is 1.15 bits per heavy atom. The molecule has 1 N–H and O–H groups in total. The van der Waals surface area contributed by atoms with Crippen molar-refractivity contribution in [2.75, 3.05) is 13.1 Å². The topological polar surface area (TPSA) is 12.0 Å². The van der Waals surface area contributed by atoms with E-state index >= 15 is 0 Å². The van der Waals surface area contributed by atoms with Gasteiger partial charge in [-0.15, -0.1) is 11.3 Å². The molecule has 20 heavy (non-hydrogen) atoms. The van der Waals surface area contributed by atoms with Crippen LogP contribution in [-0.4, -0.2) is 13.1 Å². The molecule has 2 aromatic rings. The number of nitrogens with one attached hydrogen (secondary N) is 1. The Labute approximate surface area is 127 Å². The number of fused-ring (bicyclic) bond motifs is 1. The van der Waals surface area contributed by atoms with Crippen molar-refractivity contribution < 1.29 is 0 Å². The lowest BCUT2D eigenvalue weighted by atomic mass is 9.94. The molecule has 0 spiro atoms. The van der Waals surface area contributed by atoms with Crippen molar-refractivity contribution in [1.82, 2.24) is 5.32 Å². The third kappa shape index (κ3) is 4.32. The first-order valence-electron chi connectivity index (χ1n) is 7.86. The summed E-state index contributed by atoms with van der Waals surface area (Å²) in [5.41, 5.74) is 1.54. The van der Waals surface area contributed by atoms with Crippen molar-refractivity contribution >= 4 is 21.4 Å². The molecule has 0 saturated carbocycles. The van der Waals surface area contributed by atoms with Gasteiger partial charge < -0.3 is 5.32 Å². The van der Waals surface area contributed by atoms with Crippen molar-refractivity contribution in [3.63, 3.8) is 0 Å². The van der Waals surface area contributed by atoms with E-state index < -0.39 is 0 Å². The van der Waals surface area contributed by atoms with Gasteiger partial charge >= 0.3 is 0 Å². The number of rotatable bonds is 8. The lowest BCUT2D eigenvalue weighted by molar-refractivity contribution is 0.422. The predicted molar refractivity (Wildman–Crippen MR) is 91.6 cm³/mol. The molecular formula is C18H27NS. The largest absolute Gasteiger partial charge is 0.316 e. The molecule has 0 aliphatic rings. The van der Waals surface area contributed by atoms with E-state index in [4.69, 9.17) is 0 Å². The second-order valence-electron chi connectivity index (χ2n) is 6.17. The van der Waals surface area contributed by atoms with Crippen molar-refractivity contribution in [2.45, 2.75) is 40.0 Å². The first kappa shape index (κ1) is 15.5. The van der Waals surface area contributed by atoms with E-state index in [1.807, 2.05) is 11.3 Å². The van der Waals surface area contributed by atoms with E-state index in [2.05, 4.69) is 55.7 Å². The summed E-state index contributed by atoms with van der Waals surface area (Å²) in [4.78, 5) is 0. The quantitative estimate of drug-likeness (QED) is 0.712. The maximum absolute atomic E-state index is 3.63. The first-order valence-corrected chi connectivity index (χ1v) is 8.74. The van der Waals surface area contributed by atoms with E-state index in [1.165, 1.54) is 34.9 Å². The Hall–Kier alpha value is -0.860. The minimum atomic E-state index is 0.735. The molecule has 1 aromatic heterocycles. The molecule has 1 unspecified atom stereocenters. The fourth-order valence-corrected chi connectivity index (χ4v) is 3.74. The molecule has 1 heterocycles. The van der Waals surface area contributed by atoms with Gasteiger partial charge in [0.15, 0.2) is 0 Å². The average Bonchev–Trinajstić information content (AvgIpc) is 2.82. The van der Waals surface area contributed by atoms with Gasteiger partial charge in [-0.1, -0.05) is 45.4 Å². The van der Waals surface area contributed by atoms with Crippen LogP contribution in [0.5, 0.6) is 0 Å². The van der Waals surface area contributed by atoms with Gasteiger partial charge in [-0.05, 0) is 60.2 Å². The van der Waals surface area contributed by atoms with Crippen LogP contribution in [0.25, 0.3) is 10.1 Å². The zero-order valence-electron chi connectivity index (χ0n) is 13.0. The Kier molecular flexibility index (Phi) is 6.06. The maximum Gasteiger partial charge on any atom is 0.0345 e. The van der Waals surface area contributed by atoms with Gasteiger partial charge in [-0.25, -0.2) is 0 Å². The molecule has 0 amide bonds. The molecule has 1 nitrogen and oxygen atoms in total. The van der Waals surface area contributed by atoms with E-state index in [9.17, 15) is 0 Å². The Morgan fingerprint density at radius 3 is 2.70 bits per heavy atom. The summed E-state index contributed by atoms with van der Waals surface area (Å²) in [6.45, 7) is 9.12. The van der Waals surface area contributed by atoms with E-state index in [1.54, 1.807) is 0 Å². The van der Waals surface area contributed by atoms with Crippen molar-refractivity contribution in [3.8, 4) is 0 Å². The normalized spacial score (nSPS) is 13.2. The highest BCUT2D eigenvalue weighted by molar-refractivity contribution is 7.17. The highest BCUT2D eigenvalue weighted by Gasteiger charge is 2.12. The summed E-state index contributed by atoms with van der Waals surface area (Å²) in [6, 6.07) is 8.79. The maximum atomic E-state index is 3.63. The lowest BCUT2D eigenvalue weighted by Gasteiger charge is -2.17. The third-order valence-corrected chi connectivity index (χ3v) is 4.76. The second kappa shape index (κ2) is 7.80. The number of hydrogen-bond acceptors (Lipinski definition) is 2. The average molecular weight is 289 g/mol. The van der Waals surface area contributed by atoms with Crippen LogP contribution in [0.1, 0.15) is 39.2 Å². The van der Waals surface area contributed by atoms with Crippen LogP contribution in [0.15, 0.2) is 29.6 Å². The molecule has 0 saturated heterocycles. The molecule has 0 aliphatic carbocycles. The molecular weight excluding hydrogens is 262 g/mol. The van der Waals surface area contributed by atoms with Gasteiger partial charge in [-0.2, -0.15) is 0 Å². The van der Waals surface area contributed by atoms with E-state index in [0.29, 0.717) is 0 Å². The number of benzene rings is 1. The monoisotopic (exact) mass is 289 g/mol. The SMILES string of the molecule is CCCC(CNCC(C)C)Cc1csc2ccccc12. The minimum Gasteiger partial charge on any atom is -0.316 e. The van der Waals surface area contributed by atoms with Crippen molar-refractivity contribution in [2.24, 2.45) is 11.8 Å². The van der Waals surface area contributed by atoms with Gasteiger partial charge in [0.05, 0.1) is 0 Å². The fraction of sp³-hybridized carbons (Fsp3) is 0.556. The number of thiophene rings is 1. The molecule has 0 aliphatic heterocycles. The zero-order chi connectivity index (χ0) is 14.4. The third-order valence-electron chi connectivity index (χ3n) is 3.75. The van der Waals surface area contributed by atoms with E-state index in [0.717, 1.165) is 24.9 Å². The molecule has 110 valence electrons. The van der Waals surface area contributed by atoms with Crippen molar-refractivity contribution in [1.29, 1.82) is 0 Å². The van der Waals surface area contributed by atoms with Crippen LogP contribution in [0.4, 0.5) is 0 Å². The highest BCUT2D eigenvalue weighted by Crippen LogP contribution is 2.28. The Balaban J connectivity index is 1.99. The lowest BCUT2D eigenvalue weighted by Crippen LogP contribution is -2.27. The van der Waals surface area contributed by atoms with Gasteiger partial charge in [0.2, 0.25) is 0 Å². The van der Waals surface area contributed by atoms with Crippen LogP contribution < -0.4 is 5.32 Å². The van der Waals surface area contributed by atoms with Crippen LogP contribution in [0.2, 0.25) is 0 Å². The molecule has 1 aromatic carbocycles. The summed E-state index contributed by atoms with van der Waals surface area (Å²) < 4.78 is 1.42. The number of hydrogen-bond donors (Lipinski definition) is 1. The predicted octanol–water partition coefficient (Wildman–Crippen LogP) is 5.11. The second-order valence-corrected chi connectivity index (χ2v) is 7.08. The van der Waals surface area contributed by atoms with Gasteiger partial charge in [0.1, 0.15) is 0 Å². The Morgan fingerprint density at radius 2 is 1.95 bits per heavy atom. The molecule has 0 radical (unpaired) electrons. The molecule has 1 atom stereocenters. The summed E-state index contributed by atoms with van der Waals surface area (Å²) in [5, 5.41) is 7.45. The van der Waals surface area contributed by atoms with Gasteiger partial charge in [0, 0.05) is 4.70 Å². The molecule has 0 fully saturated rings. The van der Waals surface area contributed by atoms with Crippen LogP contribution in [0.3, 0.4) is 0 Å². The molecule has 2 heteroatoms. The summed E-state index contributed by atoms with van der Waals surface area (Å²) in [5.74, 6) is 1.50. The summed E-state index contributed by atoms with van der Waals surface area (Å²) in [6.07, 6.45) is 3.80. The van der Waals surface area contributed by atoms with Crippen LogP contribution >= 0.6 is 11.3 Å². The summed E-state index contributed by atoms with van der Waals surface area (Å²) >= 11 is 1.88. The first-order chi connectivity index (χ1) is 9.70. The smallest absolute Gasteiger partial charge is 0.0345 e. The zero-order valence-corrected chi connectivity index (χ0v) is 13.8. The minimum absolute atomic E-state index is 0.735. The van der Waals surface area contributed by atoms with Gasteiger partial charge in [0.25, 0.3) is 0 Å².